The van der Waals surface area contributed by atoms with Crippen molar-refractivity contribution in [2.75, 3.05) is 7.11 Å². The van der Waals surface area contributed by atoms with Gasteiger partial charge in [0.25, 0.3) is 0 Å². The van der Waals surface area contributed by atoms with Crippen LogP contribution >= 0.6 is 15.9 Å². The van der Waals surface area contributed by atoms with Crippen LogP contribution in [0.1, 0.15) is 11.1 Å². The molecule has 0 N–H and O–H groups in total. The lowest BCUT2D eigenvalue weighted by molar-refractivity contribution is 0.296. The average Bonchev–Trinajstić information content (AvgIpc) is 3.13. The lowest BCUT2D eigenvalue weighted by atomic mass is 10.1. The Labute approximate surface area is 147 Å². The zero-order valence-electron chi connectivity index (χ0n) is 13.0. The molecule has 24 heavy (non-hydrogen) atoms. The van der Waals surface area contributed by atoms with Gasteiger partial charge in [0.2, 0.25) is 0 Å². The Kier molecular flexibility index (Phi) is 5.22. The molecule has 1 aromatic heterocycles. The van der Waals surface area contributed by atoms with Crippen molar-refractivity contribution in [1.29, 1.82) is 0 Å². The van der Waals surface area contributed by atoms with Gasteiger partial charge in [-0.25, -0.2) is 4.68 Å². The molecule has 2 aromatic carbocycles. The largest absolute Gasteiger partial charge is 0.496 e. The van der Waals surface area contributed by atoms with Crippen LogP contribution in [0.5, 0.6) is 11.5 Å². The van der Waals surface area contributed by atoms with E-state index in [0.29, 0.717) is 6.61 Å². The lowest BCUT2D eigenvalue weighted by Crippen LogP contribution is -2.00. The molecule has 7 heteroatoms. The normalized spacial score (nSPS) is 10.9. The van der Waals surface area contributed by atoms with Crippen molar-refractivity contribution >= 4 is 22.1 Å². The van der Waals surface area contributed by atoms with Gasteiger partial charge in [0.15, 0.2) is 0 Å². The van der Waals surface area contributed by atoms with Gasteiger partial charge in [0.1, 0.15) is 30.8 Å². The van der Waals surface area contributed by atoms with Crippen LogP contribution in [0.2, 0.25) is 0 Å². The van der Waals surface area contributed by atoms with Crippen molar-refractivity contribution < 1.29 is 9.47 Å². The number of hydrogen-bond acceptors (Lipinski definition) is 5. The summed E-state index contributed by atoms with van der Waals surface area (Å²) in [6.07, 6.45) is 4.78. The molecule has 0 amide bonds. The predicted octanol–water partition coefficient (Wildman–Crippen LogP) is 3.51. The van der Waals surface area contributed by atoms with Crippen LogP contribution in [-0.4, -0.2) is 28.2 Å². The summed E-state index contributed by atoms with van der Waals surface area (Å²) >= 11 is 3.41. The van der Waals surface area contributed by atoms with Gasteiger partial charge in [-0.1, -0.05) is 15.9 Å². The second-order valence-electron chi connectivity index (χ2n) is 4.90. The van der Waals surface area contributed by atoms with Crippen LogP contribution < -0.4 is 9.47 Å². The molecular weight excluding hydrogens is 372 g/mol. The van der Waals surface area contributed by atoms with Gasteiger partial charge in [-0.2, -0.15) is 5.10 Å². The fourth-order valence-corrected chi connectivity index (χ4v) is 2.34. The average molecular weight is 387 g/mol. The Bertz CT molecular complexity index is 817. The Hall–Kier alpha value is -2.67. The number of aromatic nitrogens is 3. The fourth-order valence-electron chi connectivity index (χ4n) is 2.07. The molecule has 1 heterocycles. The first-order valence-electron chi connectivity index (χ1n) is 7.19. The molecular formula is C17H15BrN4O2. The maximum absolute atomic E-state index is 5.82. The summed E-state index contributed by atoms with van der Waals surface area (Å²) in [6.45, 7) is 0.402. The van der Waals surface area contributed by atoms with Crippen molar-refractivity contribution in [3.63, 3.8) is 0 Å². The van der Waals surface area contributed by atoms with Crippen LogP contribution in [0, 0.1) is 0 Å². The van der Waals surface area contributed by atoms with Crippen molar-refractivity contribution in [3.8, 4) is 11.5 Å². The van der Waals surface area contributed by atoms with Crippen molar-refractivity contribution in [1.82, 2.24) is 14.9 Å². The molecule has 0 spiro atoms. The molecule has 0 atom stereocenters. The zero-order chi connectivity index (χ0) is 16.8. The summed E-state index contributed by atoms with van der Waals surface area (Å²) < 4.78 is 13.8. The van der Waals surface area contributed by atoms with Crippen LogP contribution in [-0.2, 0) is 6.61 Å². The van der Waals surface area contributed by atoms with Gasteiger partial charge in [0, 0.05) is 10.0 Å². The Morgan fingerprint density at radius 2 is 1.88 bits per heavy atom. The van der Waals surface area contributed by atoms with Crippen molar-refractivity contribution in [2.24, 2.45) is 5.10 Å². The van der Waals surface area contributed by atoms with Crippen LogP contribution in [0.4, 0.5) is 0 Å². The zero-order valence-corrected chi connectivity index (χ0v) is 14.5. The summed E-state index contributed by atoms with van der Waals surface area (Å²) in [5, 5.41) is 11.6. The summed E-state index contributed by atoms with van der Waals surface area (Å²) in [7, 11) is 1.64. The molecule has 3 aromatic rings. The predicted molar refractivity (Wildman–Crippen MR) is 94.5 cm³/mol. The highest BCUT2D eigenvalue weighted by atomic mass is 79.9. The minimum Gasteiger partial charge on any atom is -0.496 e. The number of hydrogen-bond donors (Lipinski definition) is 0. The highest BCUT2D eigenvalue weighted by molar-refractivity contribution is 9.10. The number of halogens is 1. The van der Waals surface area contributed by atoms with E-state index in [2.05, 4.69) is 31.2 Å². The second-order valence-corrected chi connectivity index (χ2v) is 5.82. The third-order valence-corrected chi connectivity index (χ3v) is 3.79. The number of rotatable bonds is 6. The van der Waals surface area contributed by atoms with E-state index in [1.165, 1.54) is 17.3 Å². The molecule has 3 rings (SSSR count). The summed E-state index contributed by atoms with van der Waals surface area (Å²) in [4.78, 5) is 0. The van der Waals surface area contributed by atoms with E-state index in [-0.39, 0.29) is 0 Å². The first-order chi connectivity index (χ1) is 11.7. The molecule has 0 saturated heterocycles. The van der Waals surface area contributed by atoms with Gasteiger partial charge in [-0.15, -0.1) is 10.2 Å². The molecule has 6 nitrogen and oxygen atoms in total. The van der Waals surface area contributed by atoms with E-state index in [4.69, 9.17) is 9.47 Å². The van der Waals surface area contributed by atoms with Crippen LogP contribution in [0.3, 0.4) is 0 Å². The summed E-state index contributed by atoms with van der Waals surface area (Å²) in [5.41, 5.74) is 1.87. The molecule has 0 aliphatic heterocycles. The Morgan fingerprint density at radius 3 is 2.58 bits per heavy atom. The number of nitrogens with zero attached hydrogens (tertiary/aromatic N) is 4. The molecule has 0 radical (unpaired) electrons. The third-order valence-electron chi connectivity index (χ3n) is 3.26. The monoisotopic (exact) mass is 386 g/mol. The highest BCUT2D eigenvalue weighted by Crippen LogP contribution is 2.22. The quantitative estimate of drug-likeness (QED) is 0.608. The second kappa shape index (κ2) is 7.74. The Morgan fingerprint density at radius 1 is 1.12 bits per heavy atom. The number of ether oxygens (including phenoxy) is 2. The van der Waals surface area contributed by atoms with Gasteiger partial charge in [0.05, 0.1) is 13.3 Å². The van der Waals surface area contributed by atoms with Crippen molar-refractivity contribution in [2.45, 2.75) is 6.61 Å². The standard InChI is InChI=1S/C17H15BrN4O2/c1-23-17-7-2-13(9-21-22-11-19-20-12-22)8-14(17)10-24-16-5-3-15(18)4-6-16/h2-9,11-12H,10H2,1H3. The summed E-state index contributed by atoms with van der Waals surface area (Å²) in [5.74, 6) is 1.57. The van der Waals surface area contributed by atoms with Crippen LogP contribution in [0.15, 0.2) is 64.7 Å². The van der Waals surface area contributed by atoms with Gasteiger partial charge in [-0.05, 0) is 48.0 Å². The molecule has 0 aliphatic rings. The lowest BCUT2D eigenvalue weighted by Gasteiger charge is -2.11. The number of benzene rings is 2. The molecule has 0 fully saturated rings. The third kappa shape index (κ3) is 4.20. The highest BCUT2D eigenvalue weighted by Gasteiger charge is 2.05. The van der Waals surface area contributed by atoms with E-state index in [1.54, 1.807) is 13.3 Å². The minimum atomic E-state index is 0.402. The number of methoxy groups -OCH3 is 1. The van der Waals surface area contributed by atoms with E-state index >= 15 is 0 Å². The molecule has 0 bridgehead atoms. The van der Waals surface area contributed by atoms with Gasteiger partial charge >= 0.3 is 0 Å². The van der Waals surface area contributed by atoms with E-state index in [0.717, 1.165) is 27.1 Å². The smallest absolute Gasteiger partial charge is 0.141 e. The molecule has 0 saturated carbocycles. The SMILES string of the molecule is COc1ccc(C=Nn2cnnc2)cc1COc1ccc(Br)cc1. The Balaban J connectivity index is 1.75. The maximum atomic E-state index is 5.82. The van der Waals surface area contributed by atoms with E-state index in [1.807, 2.05) is 42.5 Å². The van der Waals surface area contributed by atoms with Gasteiger partial charge in [-0.3, -0.25) is 0 Å². The summed E-state index contributed by atoms with van der Waals surface area (Å²) in [6, 6.07) is 13.5. The maximum Gasteiger partial charge on any atom is 0.141 e. The van der Waals surface area contributed by atoms with Crippen LogP contribution in [0.25, 0.3) is 0 Å². The van der Waals surface area contributed by atoms with Crippen molar-refractivity contribution in [3.05, 3.63) is 70.7 Å². The fraction of sp³-hybridized carbons (Fsp3) is 0.118. The topological polar surface area (TPSA) is 61.5 Å². The molecule has 122 valence electrons. The van der Waals surface area contributed by atoms with Gasteiger partial charge < -0.3 is 9.47 Å². The first-order valence-corrected chi connectivity index (χ1v) is 7.98. The molecule has 0 unspecified atom stereocenters. The van der Waals surface area contributed by atoms with E-state index in [9.17, 15) is 0 Å². The van der Waals surface area contributed by atoms with E-state index < -0.39 is 0 Å². The molecule has 0 aliphatic carbocycles. The first kappa shape index (κ1) is 16.2. The minimum absolute atomic E-state index is 0.402.